The van der Waals surface area contributed by atoms with Crippen molar-refractivity contribution in [2.24, 2.45) is 23.7 Å². The minimum absolute atomic E-state index is 0.0952. The van der Waals surface area contributed by atoms with Gasteiger partial charge in [0.05, 0.1) is 0 Å². The van der Waals surface area contributed by atoms with Crippen molar-refractivity contribution < 1.29 is 4.79 Å². The Balaban J connectivity index is 1.45. The number of amides is 1. The summed E-state index contributed by atoms with van der Waals surface area (Å²) in [6.45, 7) is 1.99. The fourth-order valence-corrected chi connectivity index (χ4v) is 5.19. The zero-order chi connectivity index (χ0) is 13.7. The van der Waals surface area contributed by atoms with Crippen LogP contribution in [0.5, 0.6) is 0 Å². The number of nitrogens with one attached hydrogen (secondary N) is 1. The summed E-state index contributed by atoms with van der Waals surface area (Å²) in [6.07, 6.45) is 10.8. The maximum Gasteiger partial charge on any atom is 0.242 e. The summed E-state index contributed by atoms with van der Waals surface area (Å²) in [5.74, 6) is 3.64. The van der Waals surface area contributed by atoms with Crippen molar-refractivity contribution in [3.05, 3.63) is 24.5 Å². The lowest BCUT2D eigenvalue weighted by Gasteiger charge is -2.54. The standard InChI is InChI=1S/C17H24N2O/c1-11(19-4-2-3-5-19)17(20)18-16-14-7-12-6-13(9-14)10-15(16)8-12/h2-5,11-16H,6-10H2,1H3,(H,18,20)/t11-,12?,13?,14?,15?,16?/m0/s1. The first kappa shape index (κ1) is 12.5. The van der Waals surface area contributed by atoms with Gasteiger partial charge in [-0.3, -0.25) is 4.79 Å². The molecular weight excluding hydrogens is 248 g/mol. The van der Waals surface area contributed by atoms with Crippen LogP contribution in [0.1, 0.15) is 45.1 Å². The quantitative estimate of drug-likeness (QED) is 0.901. The Morgan fingerprint density at radius 2 is 1.60 bits per heavy atom. The maximum atomic E-state index is 12.5. The number of carbonyl (C=O) groups is 1. The van der Waals surface area contributed by atoms with Crippen molar-refractivity contribution in [3.8, 4) is 0 Å². The number of aromatic nitrogens is 1. The minimum atomic E-state index is -0.0952. The van der Waals surface area contributed by atoms with Gasteiger partial charge in [0, 0.05) is 18.4 Å². The minimum Gasteiger partial charge on any atom is -0.351 e. The van der Waals surface area contributed by atoms with Gasteiger partial charge >= 0.3 is 0 Å². The molecule has 5 rings (SSSR count). The highest BCUT2D eigenvalue weighted by Gasteiger charge is 2.48. The second-order valence-electron chi connectivity index (χ2n) is 7.27. The molecule has 1 amide bonds. The Hall–Kier alpha value is -1.25. The molecule has 1 heterocycles. The van der Waals surface area contributed by atoms with E-state index in [1.165, 1.54) is 32.1 Å². The highest BCUT2D eigenvalue weighted by Crippen LogP contribution is 2.53. The van der Waals surface area contributed by atoms with Gasteiger partial charge in [0.1, 0.15) is 6.04 Å². The van der Waals surface area contributed by atoms with Crippen LogP contribution >= 0.6 is 0 Å². The zero-order valence-corrected chi connectivity index (χ0v) is 12.2. The first-order chi connectivity index (χ1) is 9.70. The van der Waals surface area contributed by atoms with E-state index in [1.54, 1.807) is 0 Å². The number of hydrogen-bond acceptors (Lipinski definition) is 1. The lowest BCUT2D eigenvalue weighted by atomic mass is 9.54. The van der Waals surface area contributed by atoms with Crippen LogP contribution in [0.2, 0.25) is 0 Å². The normalized spacial score (nSPS) is 39.8. The first-order valence-corrected chi connectivity index (χ1v) is 8.13. The van der Waals surface area contributed by atoms with Crippen LogP contribution in [0.15, 0.2) is 24.5 Å². The monoisotopic (exact) mass is 272 g/mol. The van der Waals surface area contributed by atoms with Crippen LogP contribution in [0.3, 0.4) is 0 Å². The topological polar surface area (TPSA) is 34.0 Å². The van der Waals surface area contributed by atoms with Crippen molar-refractivity contribution in [1.82, 2.24) is 9.88 Å². The summed E-state index contributed by atoms with van der Waals surface area (Å²) in [4.78, 5) is 12.5. The summed E-state index contributed by atoms with van der Waals surface area (Å²) in [7, 11) is 0. The Morgan fingerprint density at radius 1 is 1.05 bits per heavy atom. The third kappa shape index (κ3) is 1.99. The molecular formula is C17H24N2O. The van der Waals surface area contributed by atoms with Crippen molar-refractivity contribution in [2.75, 3.05) is 0 Å². The van der Waals surface area contributed by atoms with E-state index in [0.29, 0.717) is 6.04 Å². The number of rotatable bonds is 3. The molecule has 3 heteroatoms. The Morgan fingerprint density at radius 3 is 2.15 bits per heavy atom. The summed E-state index contributed by atoms with van der Waals surface area (Å²) >= 11 is 0. The van der Waals surface area contributed by atoms with Gasteiger partial charge in [-0.25, -0.2) is 0 Å². The summed E-state index contributed by atoms with van der Waals surface area (Å²) in [5.41, 5.74) is 0. The summed E-state index contributed by atoms with van der Waals surface area (Å²) < 4.78 is 1.99. The third-order valence-electron chi connectivity index (χ3n) is 5.99. The molecule has 0 unspecified atom stereocenters. The van der Waals surface area contributed by atoms with E-state index in [-0.39, 0.29) is 11.9 Å². The molecule has 4 aliphatic rings. The Labute approximate surface area is 120 Å². The van der Waals surface area contributed by atoms with E-state index in [2.05, 4.69) is 5.32 Å². The van der Waals surface area contributed by atoms with Gasteiger partial charge in [-0.1, -0.05) is 0 Å². The molecule has 0 radical (unpaired) electrons. The van der Waals surface area contributed by atoms with E-state index in [4.69, 9.17) is 0 Å². The number of hydrogen-bond donors (Lipinski definition) is 1. The van der Waals surface area contributed by atoms with Gasteiger partial charge in [0.2, 0.25) is 5.91 Å². The van der Waals surface area contributed by atoms with Gasteiger partial charge in [-0.15, -0.1) is 0 Å². The Kier molecular flexibility index (Phi) is 2.90. The first-order valence-electron chi connectivity index (χ1n) is 8.13. The SMILES string of the molecule is C[C@@H](C(=O)NC1C2CC3CC(C2)CC1C3)n1cccc1. The van der Waals surface area contributed by atoms with E-state index >= 15 is 0 Å². The molecule has 4 aliphatic carbocycles. The van der Waals surface area contributed by atoms with Gasteiger partial charge in [0.25, 0.3) is 0 Å². The zero-order valence-electron chi connectivity index (χ0n) is 12.2. The lowest BCUT2D eigenvalue weighted by molar-refractivity contribution is -0.127. The van der Waals surface area contributed by atoms with Gasteiger partial charge in [0.15, 0.2) is 0 Å². The fourth-order valence-electron chi connectivity index (χ4n) is 5.19. The molecule has 4 saturated carbocycles. The van der Waals surface area contributed by atoms with Crippen LogP contribution in [0.25, 0.3) is 0 Å². The molecule has 4 bridgehead atoms. The van der Waals surface area contributed by atoms with E-state index in [0.717, 1.165) is 23.7 Å². The Bertz CT molecular complexity index is 465. The van der Waals surface area contributed by atoms with E-state index < -0.39 is 0 Å². The molecule has 0 spiro atoms. The molecule has 1 N–H and O–H groups in total. The highest BCUT2D eigenvalue weighted by molar-refractivity contribution is 5.80. The van der Waals surface area contributed by atoms with Gasteiger partial charge < -0.3 is 9.88 Å². The third-order valence-corrected chi connectivity index (χ3v) is 5.99. The van der Waals surface area contributed by atoms with Crippen LogP contribution in [-0.4, -0.2) is 16.5 Å². The van der Waals surface area contributed by atoms with Gasteiger partial charge in [-0.05, 0) is 74.8 Å². The average molecular weight is 272 g/mol. The second-order valence-corrected chi connectivity index (χ2v) is 7.27. The predicted octanol–water partition coefficient (Wildman–Crippen LogP) is 2.99. The van der Waals surface area contributed by atoms with Crippen molar-refractivity contribution in [1.29, 1.82) is 0 Å². The van der Waals surface area contributed by atoms with E-state index in [1.807, 2.05) is 36.0 Å². The van der Waals surface area contributed by atoms with Crippen molar-refractivity contribution in [3.63, 3.8) is 0 Å². The van der Waals surface area contributed by atoms with Gasteiger partial charge in [-0.2, -0.15) is 0 Å². The van der Waals surface area contributed by atoms with Crippen LogP contribution in [-0.2, 0) is 4.79 Å². The fraction of sp³-hybridized carbons (Fsp3) is 0.706. The number of nitrogens with zero attached hydrogens (tertiary/aromatic N) is 1. The van der Waals surface area contributed by atoms with Crippen LogP contribution < -0.4 is 5.32 Å². The lowest BCUT2D eigenvalue weighted by Crippen LogP contribution is -2.56. The van der Waals surface area contributed by atoms with E-state index in [9.17, 15) is 4.79 Å². The van der Waals surface area contributed by atoms with Crippen molar-refractivity contribution >= 4 is 5.91 Å². The van der Waals surface area contributed by atoms with Crippen molar-refractivity contribution in [2.45, 2.75) is 51.1 Å². The molecule has 0 aliphatic heterocycles. The molecule has 20 heavy (non-hydrogen) atoms. The molecule has 4 fully saturated rings. The molecule has 0 aromatic carbocycles. The average Bonchev–Trinajstić information content (AvgIpc) is 2.95. The summed E-state index contributed by atoms with van der Waals surface area (Å²) in [5, 5.41) is 3.39. The second kappa shape index (κ2) is 4.64. The predicted molar refractivity (Wildman–Crippen MR) is 78.1 cm³/mol. The molecule has 1 aromatic heterocycles. The summed E-state index contributed by atoms with van der Waals surface area (Å²) in [6, 6.07) is 4.31. The molecule has 0 saturated heterocycles. The molecule has 1 atom stereocenters. The van der Waals surface area contributed by atoms with Crippen LogP contribution in [0.4, 0.5) is 0 Å². The highest BCUT2D eigenvalue weighted by atomic mass is 16.2. The molecule has 108 valence electrons. The number of carbonyl (C=O) groups excluding carboxylic acids is 1. The maximum absolute atomic E-state index is 12.5. The largest absolute Gasteiger partial charge is 0.351 e. The van der Waals surface area contributed by atoms with Crippen LogP contribution in [0, 0.1) is 23.7 Å². The smallest absolute Gasteiger partial charge is 0.242 e. The molecule has 1 aromatic rings. The molecule has 3 nitrogen and oxygen atoms in total.